The highest BCUT2D eigenvalue weighted by Gasteiger charge is 2.71. The van der Waals surface area contributed by atoms with Crippen LogP contribution in [0.1, 0.15) is 77.2 Å². The molecule has 4 heteroatoms. The van der Waals surface area contributed by atoms with Crippen LogP contribution in [0.15, 0.2) is 24.5 Å². The van der Waals surface area contributed by atoms with Gasteiger partial charge in [0.25, 0.3) is 0 Å². The fraction of sp³-hybridized carbons (Fsp3) is 0.792. The summed E-state index contributed by atoms with van der Waals surface area (Å²) in [5, 5.41) is 34.3. The van der Waals surface area contributed by atoms with Crippen LogP contribution >= 0.6 is 0 Å². The predicted molar refractivity (Wildman–Crippen MR) is 107 cm³/mol. The first-order valence-electron chi connectivity index (χ1n) is 11.3. The van der Waals surface area contributed by atoms with Gasteiger partial charge in [0.05, 0.1) is 17.3 Å². The van der Waals surface area contributed by atoms with Crippen LogP contribution in [0.25, 0.3) is 0 Å². The third-order valence-corrected chi connectivity index (χ3v) is 10.1. The van der Waals surface area contributed by atoms with Crippen LogP contribution in [0, 0.1) is 28.6 Å². The van der Waals surface area contributed by atoms with Gasteiger partial charge in [0, 0.05) is 17.8 Å². The molecule has 28 heavy (non-hydrogen) atoms. The van der Waals surface area contributed by atoms with E-state index in [9.17, 15) is 15.3 Å². The lowest BCUT2D eigenvalue weighted by atomic mass is 9.43. The molecular weight excluding hydrogens is 350 g/mol. The van der Waals surface area contributed by atoms with E-state index >= 15 is 0 Å². The van der Waals surface area contributed by atoms with Gasteiger partial charge in [-0.05, 0) is 98.7 Å². The average molecular weight is 386 g/mol. The van der Waals surface area contributed by atoms with Crippen molar-refractivity contribution in [3.8, 4) is 0 Å². The summed E-state index contributed by atoms with van der Waals surface area (Å²) in [5.74, 6) is 1.32. The quantitative estimate of drug-likeness (QED) is 0.688. The van der Waals surface area contributed by atoms with Crippen molar-refractivity contribution < 1.29 is 15.3 Å². The fourth-order valence-electron chi connectivity index (χ4n) is 8.31. The molecule has 4 aliphatic rings. The second-order valence-corrected chi connectivity index (χ2v) is 10.8. The summed E-state index contributed by atoms with van der Waals surface area (Å²) in [5.41, 5.74) is -1.22. The Balaban J connectivity index is 1.52. The minimum Gasteiger partial charge on any atom is -0.393 e. The average Bonchev–Trinajstić information content (AvgIpc) is 2.91. The summed E-state index contributed by atoms with van der Waals surface area (Å²) in [7, 11) is 0. The van der Waals surface area contributed by atoms with E-state index in [0.29, 0.717) is 24.7 Å². The SMILES string of the molecule is C[C@]12CC[C@H](O)C[C@H]1CC[C@@H]1[C@@H]2CC[C@]2(C)[C@@](O)(c3ccncc3)CC[C@]12O. The first kappa shape index (κ1) is 19.0. The number of nitrogens with zero attached hydrogens (tertiary/aromatic N) is 1. The van der Waals surface area contributed by atoms with Crippen molar-refractivity contribution in [1.82, 2.24) is 4.98 Å². The van der Waals surface area contributed by atoms with Crippen molar-refractivity contribution in [2.45, 2.75) is 88.9 Å². The third-order valence-electron chi connectivity index (χ3n) is 10.1. The highest BCUT2D eigenvalue weighted by Crippen LogP contribution is 2.71. The standard InChI is InChI=1S/C24H35NO3/c1-21-9-5-18(26)15-17(21)3-4-20-19(21)6-10-22(2)23(27,11-12-24(20,22)28)16-7-13-25-14-8-16/h7-8,13-14,17-20,26-28H,3-6,9-12,15H2,1-2H3/t17-,18+,19+,20-,21+,22-,23+,24+/m1/s1. The maximum atomic E-state index is 12.2. The lowest BCUT2D eigenvalue weighted by Crippen LogP contribution is -2.64. The molecule has 3 N–H and O–H groups in total. The second-order valence-electron chi connectivity index (χ2n) is 10.8. The number of aliphatic hydroxyl groups is 3. The monoisotopic (exact) mass is 385 g/mol. The first-order valence-corrected chi connectivity index (χ1v) is 11.3. The normalized spacial score (nSPS) is 53.2. The molecule has 0 bridgehead atoms. The summed E-state index contributed by atoms with van der Waals surface area (Å²) in [6.45, 7) is 4.56. The Kier molecular flexibility index (Phi) is 4.09. The molecule has 1 aromatic heterocycles. The van der Waals surface area contributed by atoms with Crippen molar-refractivity contribution in [3.63, 3.8) is 0 Å². The number of aromatic nitrogens is 1. The number of aliphatic hydroxyl groups excluding tert-OH is 1. The Morgan fingerprint density at radius 2 is 1.64 bits per heavy atom. The van der Waals surface area contributed by atoms with Gasteiger partial charge in [-0.15, -0.1) is 0 Å². The third kappa shape index (κ3) is 2.20. The number of pyridine rings is 1. The van der Waals surface area contributed by atoms with Gasteiger partial charge in [-0.2, -0.15) is 0 Å². The summed E-state index contributed by atoms with van der Waals surface area (Å²) < 4.78 is 0. The molecule has 0 unspecified atom stereocenters. The molecule has 0 amide bonds. The van der Waals surface area contributed by atoms with Crippen LogP contribution in [-0.4, -0.2) is 32.0 Å². The van der Waals surface area contributed by atoms with Crippen molar-refractivity contribution in [1.29, 1.82) is 0 Å². The zero-order chi connectivity index (χ0) is 19.8. The molecule has 8 atom stereocenters. The van der Waals surface area contributed by atoms with Gasteiger partial charge >= 0.3 is 0 Å². The maximum Gasteiger partial charge on any atom is 0.0979 e. The van der Waals surface area contributed by atoms with Crippen LogP contribution in [0.2, 0.25) is 0 Å². The molecule has 0 saturated heterocycles. The van der Waals surface area contributed by atoms with E-state index in [-0.39, 0.29) is 17.4 Å². The molecule has 4 nitrogen and oxygen atoms in total. The zero-order valence-corrected chi connectivity index (χ0v) is 17.3. The molecule has 1 heterocycles. The molecule has 1 aromatic rings. The Bertz CT molecular complexity index is 755. The number of rotatable bonds is 1. The van der Waals surface area contributed by atoms with E-state index in [2.05, 4.69) is 18.8 Å². The van der Waals surface area contributed by atoms with E-state index in [1.165, 1.54) is 0 Å². The number of hydrogen-bond acceptors (Lipinski definition) is 4. The molecule has 4 aliphatic carbocycles. The van der Waals surface area contributed by atoms with Crippen molar-refractivity contribution >= 4 is 0 Å². The van der Waals surface area contributed by atoms with E-state index in [0.717, 1.165) is 50.5 Å². The summed E-state index contributed by atoms with van der Waals surface area (Å²) in [6, 6.07) is 3.84. The second kappa shape index (κ2) is 6.02. The van der Waals surface area contributed by atoms with E-state index in [4.69, 9.17) is 0 Å². The summed E-state index contributed by atoms with van der Waals surface area (Å²) >= 11 is 0. The Labute approximate surface area is 168 Å². The highest BCUT2D eigenvalue weighted by atomic mass is 16.3. The molecule has 154 valence electrons. The minimum absolute atomic E-state index is 0.144. The molecule has 0 spiro atoms. The van der Waals surface area contributed by atoms with Crippen molar-refractivity contribution in [2.75, 3.05) is 0 Å². The van der Waals surface area contributed by atoms with Crippen LogP contribution in [-0.2, 0) is 5.60 Å². The summed E-state index contributed by atoms with van der Waals surface area (Å²) in [4.78, 5) is 4.12. The van der Waals surface area contributed by atoms with Gasteiger partial charge in [-0.25, -0.2) is 0 Å². The van der Waals surface area contributed by atoms with Gasteiger partial charge in [0.1, 0.15) is 0 Å². The van der Waals surface area contributed by atoms with Crippen molar-refractivity contribution in [3.05, 3.63) is 30.1 Å². The lowest BCUT2D eigenvalue weighted by Gasteiger charge is -2.64. The minimum atomic E-state index is -0.990. The smallest absolute Gasteiger partial charge is 0.0979 e. The van der Waals surface area contributed by atoms with E-state index < -0.39 is 16.6 Å². The largest absolute Gasteiger partial charge is 0.393 e. The summed E-state index contributed by atoms with van der Waals surface area (Å²) in [6.07, 6.45) is 11.6. The highest BCUT2D eigenvalue weighted by molar-refractivity contribution is 5.31. The fourth-order valence-corrected chi connectivity index (χ4v) is 8.31. The predicted octanol–water partition coefficient (Wildman–Crippen LogP) is 3.79. The first-order chi connectivity index (χ1) is 13.2. The topological polar surface area (TPSA) is 73.6 Å². The molecular formula is C24H35NO3. The molecule has 4 saturated carbocycles. The van der Waals surface area contributed by atoms with Gasteiger partial charge < -0.3 is 15.3 Å². The van der Waals surface area contributed by atoms with Crippen LogP contribution in [0.4, 0.5) is 0 Å². The van der Waals surface area contributed by atoms with Gasteiger partial charge in [-0.1, -0.05) is 13.8 Å². The molecule has 5 rings (SSSR count). The molecule has 0 radical (unpaired) electrons. The van der Waals surface area contributed by atoms with Crippen LogP contribution in [0.3, 0.4) is 0 Å². The van der Waals surface area contributed by atoms with Crippen LogP contribution < -0.4 is 0 Å². The Morgan fingerprint density at radius 1 is 0.893 bits per heavy atom. The van der Waals surface area contributed by atoms with Crippen LogP contribution in [0.5, 0.6) is 0 Å². The Hall–Kier alpha value is -0.970. The molecule has 4 fully saturated rings. The molecule has 0 aromatic carbocycles. The van der Waals surface area contributed by atoms with Gasteiger partial charge in [-0.3, -0.25) is 4.98 Å². The van der Waals surface area contributed by atoms with E-state index in [1.54, 1.807) is 12.4 Å². The molecule has 0 aliphatic heterocycles. The van der Waals surface area contributed by atoms with Gasteiger partial charge in [0.15, 0.2) is 0 Å². The van der Waals surface area contributed by atoms with Gasteiger partial charge in [0.2, 0.25) is 0 Å². The zero-order valence-electron chi connectivity index (χ0n) is 17.3. The van der Waals surface area contributed by atoms with Crippen molar-refractivity contribution in [2.24, 2.45) is 28.6 Å². The van der Waals surface area contributed by atoms with E-state index in [1.807, 2.05) is 12.1 Å². The maximum absolute atomic E-state index is 12.2. The number of fused-ring (bicyclic) bond motifs is 5. The Morgan fingerprint density at radius 3 is 2.39 bits per heavy atom. The number of hydrogen-bond donors (Lipinski definition) is 3. The lowest BCUT2D eigenvalue weighted by molar-refractivity contribution is -0.238.